The Labute approximate surface area is 113 Å². The molecule has 1 aromatic heterocycles. The van der Waals surface area contributed by atoms with Crippen molar-refractivity contribution in [3.63, 3.8) is 0 Å². The van der Waals surface area contributed by atoms with Crippen LogP contribution in [0.1, 0.15) is 5.76 Å². The predicted molar refractivity (Wildman–Crippen MR) is 64.1 cm³/mol. The van der Waals surface area contributed by atoms with Crippen molar-refractivity contribution in [3.8, 4) is 5.75 Å². The van der Waals surface area contributed by atoms with Crippen LogP contribution in [0.3, 0.4) is 0 Å². The SMILES string of the molecule is Cc1cc(OC2O[C@H](CO)[C@@H](O)[C@H](O)[C@H]2O)cc(=O)o1. The molecule has 0 amide bonds. The molecule has 20 heavy (non-hydrogen) atoms. The zero-order valence-corrected chi connectivity index (χ0v) is 10.7. The molecule has 8 heteroatoms. The van der Waals surface area contributed by atoms with Crippen LogP contribution in [0, 0.1) is 6.92 Å². The first-order valence-corrected chi connectivity index (χ1v) is 6.01. The van der Waals surface area contributed by atoms with Gasteiger partial charge >= 0.3 is 5.63 Å². The van der Waals surface area contributed by atoms with Crippen LogP contribution in [0.2, 0.25) is 0 Å². The minimum atomic E-state index is -1.54. The van der Waals surface area contributed by atoms with Crippen LogP contribution in [-0.4, -0.2) is 57.7 Å². The maximum absolute atomic E-state index is 11.2. The van der Waals surface area contributed by atoms with Gasteiger partial charge in [-0.15, -0.1) is 0 Å². The van der Waals surface area contributed by atoms with Crippen molar-refractivity contribution in [1.82, 2.24) is 0 Å². The van der Waals surface area contributed by atoms with Crippen molar-refractivity contribution in [3.05, 3.63) is 28.3 Å². The molecule has 0 bridgehead atoms. The number of aliphatic hydroxyl groups excluding tert-OH is 4. The first-order chi connectivity index (χ1) is 9.42. The lowest BCUT2D eigenvalue weighted by Crippen LogP contribution is -2.60. The fourth-order valence-corrected chi connectivity index (χ4v) is 1.94. The van der Waals surface area contributed by atoms with E-state index >= 15 is 0 Å². The topological polar surface area (TPSA) is 130 Å². The van der Waals surface area contributed by atoms with Gasteiger partial charge in [0, 0.05) is 6.07 Å². The second-order valence-electron chi connectivity index (χ2n) is 4.54. The van der Waals surface area contributed by atoms with E-state index in [0.717, 1.165) is 6.07 Å². The molecule has 1 aromatic rings. The molecule has 0 aromatic carbocycles. The van der Waals surface area contributed by atoms with E-state index in [9.17, 15) is 20.1 Å². The van der Waals surface area contributed by atoms with Crippen LogP contribution in [-0.2, 0) is 4.74 Å². The van der Waals surface area contributed by atoms with Crippen LogP contribution >= 0.6 is 0 Å². The first kappa shape index (κ1) is 14.9. The lowest BCUT2D eigenvalue weighted by atomic mass is 9.99. The van der Waals surface area contributed by atoms with E-state index in [1.54, 1.807) is 6.92 Å². The molecule has 2 rings (SSSR count). The number of hydrogen-bond donors (Lipinski definition) is 4. The zero-order valence-electron chi connectivity index (χ0n) is 10.7. The highest BCUT2D eigenvalue weighted by Crippen LogP contribution is 2.23. The monoisotopic (exact) mass is 288 g/mol. The summed E-state index contributed by atoms with van der Waals surface area (Å²) in [4.78, 5) is 11.2. The Balaban J connectivity index is 2.17. The van der Waals surface area contributed by atoms with Gasteiger partial charge in [0.05, 0.1) is 12.7 Å². The van der Waals surface area contributed by atoms with Crippen LogP contribution in [0.5, 0.6) is 5.75 Å². The highest BCUT2D eigenvalue weighted by molar-refractivity contribution is 5.20. The minimum absolute atomic E-state index is 0.0862. The van der Waals surface area contributed by atoms with Gasteiger partial charge in [-0.25, -0.2) is 4.79 Å². The number of rotatable bonds is 3. The average Bonchev–Trinajstić information content (AvgIpc) is 2.38. The van der Waals surface area contributed by atoms with E-state index in [-0.39, 0.29) is 5.75 Å². The zero-order chi connectivity index (χ0) is 14.9. The smallest absolute Gasteiger partial charge is 0.339 e. The van der Waals surface area contributed by atoms with Crippen LogP contribution in [0.15, 0.2) is 21.3 Å². The van der Waals surface area contributed by atoms with Gasteiger partial charge in [0.2, 0.25) is 6.29 Å². The third-order valence-corrected chi connectivity index (χ3v) is 2.97. The van der Waals surface area contributed by atoms with Crippen molar-refractivity contribution < 1.29 is 34.3 Å². The summed E-state index contributed by atoms with van der Waals surface area (Å²) >= 11 is 0. The molecular formula is C12H16O8. The quantitative estimate of drug-likeness (QED) is 0.509. The van der Waals surface area contributed by atoms with Crippen molar-refractivity contribution in [1.29, 1.82) is 0 Å². The highest BCUT2D eigenvalue weighted by atomic mass is 16.7. The Kier molecular flexibility index (Phi) is 4.41. The molecule has 2 heterocycles. The van der Waals surface area contributed by atoms with Crippen molar-refractivity contribution in [2.45, 2.75) is 37.6 Å². The summed E-state index contributed by atoms with van der Waals surface area (Å²) in [5.74, 6) is 0.389. The number of aryl methyl sites for hydroxylation is 1. The maximum atomic E-state index is 11.2. The molecule has 1 unspecified atom stereocenters. The molecule has 1 saturated heterocycles. The van der Waals surface area contributed by atoms with Gasteiger partial charge in [0.15, 0.2) is 0 Å². The first-order valence-electron chi connectivity index (χ1n) is 6.01. The standard InChI is InChI=1S/C12H16O8/c1-5-2-6(3-8(14)18-5)19-12-11(17)10(16)9(15)7(4-13)20-12/h2-3,7,9-13,15-17H,4H2,1H3/t7-,9-,10+,11-,12?/m1/s1. The average molecular weight is 288 g/mol. The summed E-state index contributed by atoms with van der Waals surface area (Å²) in [6, 6.07) is 2.46. The van der Waals surface area contributed by atoms with E-state index < -0.39 is 42.9 Å². The normalized spacial score (nSPS) is 34.0. The van der Waals surface area contributed by atoms with Crippen LogP contribution in [0.4, 0.5) is 0 Å². The summed E-state index contributed by atoms with van der Waals surface area (Å²) in [5.41, 5.74) is -0.635. The summed E-state index contributed by atoms with van der Waals surface area (Å²) in [7, 11) is 0. The Morgan fingerprint density at radius 1 is 1.20 bits per heavy atom. The number of ether oxygens (including phenoxy) is 2. The molecule has 1 aliphatic heterocycles. The molecule has 112 valence electrons. The van der Waals surface area contributed by atoms with Gasteiger partial charge in [0.1, 0.15) is 35.9 Å². The van der Waals surface area contributed by atoms with E-state index in [0.29, 0.717) is 5.76 Å². The van der Waals surface area contributed by atoms with Gasteiger partial charge in [-0.2, -0.15) is 0 Å². The highest BCUT2D eigenvalue weighted by Gasteiger charge is 2.44. The van der Waals surface area contributed by atoms with E-state index in [2.05, 4.69) is 0 Å². The Morgan fingerprint density at radius 3 is 2.50 bits per heavy atom. The van der Waals surface area contributed by atoms with Crippen molar-refractivity contribution in [2.75, 3.05) is 6.61 Å². The molecule has 0 spiro atoms. The van der Waals surface area contributed by atoms with Crippen molar-refractivity contribution >= 4 is 0 Å². The van der Waals surface area contributed by atoms with Crippen LogP contribution < -0.4 is 10.4 Å². The van der Waals surface area contributed by atoms with Crippen LogP contribution in [0.25, 0.3) is 0 Å². The summed E-state index contributed by atoms with van der Waals surface area (Å²) in [5, 5.41) is 38.0. The molecule has 1 aliphatic rings. The van der Waals surface area contributed by atoms with Gasteiger partial charge in [-0.1, -0.05) is 0 Å². The largest absolute Gasteiger partial charge is 0.462 e. The summed E-state index contributed by atoms with van der Waals surface area (Å²) in [6.07, 6.45) is -6.92. The Hall–Kier alpha value is -1.45. The van der Waals surface area contributed by atoms with E-state index in [1.807, 2.05) is 0 Å². The second kappa shape index (κ2) is 5.90. The van der Waals surface area contributed by atoms with Gasteiger partial charge in [-0.3, -0.25) is 0 Å². The third-order valence-electron chi connectivity index (χ3n) is 2.97. The molecule has 0 radical (unpaired) electrons. The third kappa shape index (κ3) is 3.00. The fourth-order valence-electron chi connectivity index (χ4n) is 1.94. The molecule has 1 fully saturated rings. The maximum Gasteiger partial charge on any atom is 0.339 e. The van der Waals surface area contributed by atoms with E-state index in [4.69, 9.17) is 19.0 Å². The molecular weight excluding hydrogens is 272 g/mol. The number of hydrogen-bond acceptors (Lipinski definition) is 8. The predicted octanol–water partition coefficient (Wildman–Crippen LogP) is -1.87. The molecule has 0 saturated carbocycles. The van der Waals surface area contributed by atoms with Gasteiger partial charge < -0.3 is 34.3 Å². The van der Waals surface area contributed by atoms with E-state index in [1.165, 1.54) is 6.07 Å². The molecule has 5 atom stereocenters. The lowest BCUT2D eigenvalue weighted by molar-refractivity contribution is -0.277. The van der Waals surface area contributed by atoms with Gasteiger partial charge in [-0.05, 0) is 6.92 Å². The van der Waals surface area contributed by atoms with Crippen molar-refractivity contribution in [2.24, 2.45) is 0 Å². The summed E-state index contributed by atoms with van der Waals surface area (Å²) < 4.78 is 15.2. The minimum Gasteiger partial charge on any atom is -0.462 e. The number of aliphatic hydroxyl groups is 4. The summed E-state index contributed by atoms with van der Waals surface area (Å²) in [6.45, 7) is 0.988. The molecule has 0 aliphatic carbocycles. The Bertz CT molecular complexity index is 510. The fraction of sp³-hybridized carbons (Fsp3) is 0.583. The Morgan fingerprint density at radius 2 is 1.90 bits per heavy atom. The van der Waals surface area contributed by atoms with Gasteiger partial charge in [0.25, 0.3) is 0 Å². The molecule has 4 N–H and O–H groups in total. The lowest BCUT2D eigenvalue weighted by Gasteiger charge is -2.39. The molecule has 8 nitrogen and oxygen atoms in total. The second-order valence-corrected chi connectivity index (χ2v) is 4.54.